The summed E-state index contributed by atoms with van der Waals surface area (Å²) in [5.41, 5.74) is 1.93. The monoisotopic (exact) mass is 245 g/mol. The Morgan fingerprint density at radius 3 is 2.89 bits per heavy atom. The van der Waals surface area contributed by atoms with E-state index < -0.39 is 0 Å². The first-order valence-corrected chi connectivity index (χ1v) is 6.83. The van der Waals surface area contributed by atoms with Crippen molar-refractivity contribution in [3.63, 3.8) is 0 Å². The van der Waals surface area contributed by atoms with Crippen molar-refractivity contribution in [1.82, 2.24) is 14.5 Å². The number of rotatable bonds is 3. The van der Waals surface area contributed by atoms with Crippen molar-refractivity contribution in [3.8, 4) is 0 Å². The highest BCUT2D eigenvalue weighted by molar-refractivity contribution is 5.71. The van der Waals surface area contributed by atoms with E-state index in [1.54, 1.807) is 0 Å². The van der Waals surface area contributed by atoms with Gasteiger partial charge in [-0.3, -0.25) is 0 Å². The Labute approximate surface area is 107 Å². The molecule has 0 amide bonds. The van der Waals surface area contributed by atoms with Crippen molar-refractivity contribution in [2.45, 2.75) is 44.6 Å². The van der Waals surface area contributed by atoms with Crippen LogP contribution in [0.2, 0.25) is 0 Å². The lowest BCUT2D eigenvalue weighted by molar-refractivity contribution is 0.288. The molecule has 0 unspecified atom stereocenters. The zero-order valence-corrected chi connectivity index (χ0v) is 10.5. The van der Waals surface area contributed by atoms with E-state index in [4.69, 9.17) is 0 Å². The molecule has 0 aromatic carbocycles. The van der Waals surface area contributed by atoms with Crippen LogP contribution in [0.15, 0.2) is 18.3 Å². The summed E-state index contributed by atoms with van der Waals surface area (Å²) in [6.07, 6.45) is 8.78. The lowest BCUT2D eigenvalue weighted by Gasteiger charge is -2.25. The fourth-order valence-corrected chi connectivity index (χ4v) is 2.98. The summed E-state index contributed by atoms with van der Waals surface area (Å²) in [6.45, 7) is 0.149. The van der Waals surface area contributed by atoms with Crippen LogP contribution in [0.3, 0.4) is 0 Å². The zero-order valence-electron chi connectivity index (χ0n) is 10.5. The van der Waals surface area contributed by atoms with Crippen LogP contribution in [-0.2, 0) is 6.42 Å². The first kappa shape index (κ1) is 11.7. The molecule has 1 aliphatic carbocycles. The maximum Gasteiger partial charge on any atom is 0.160 e. The van der Waals surface area contributed by atoms with Gasteiger partial charge >= 0.3 is 0 Å². The first-order valence-electron chi connectivity index (χ1n) is 6.83. The molecule has 1 N–H and O–H groups in total. The highest BCUT2D eigenvalue weighted by Crippen LogP contribution is 2.31. The van der Waals surface area contributed by atoms with E-state index >= 15 is 0 Å². The smallest absolute Gasteiger partial charge is 0.160 e. The van der Waals surface area contributed by atoms with Crippen LogP contribution >= 0.6 is 0 Å². The summed E-state index contributed by atoms with van der Waals surface area (Å²) < 4.78 is 2.27. The molecule has 1 fully saturated rings. The minimum absolute atomic E-state index is 0.149. The van der Waals surface area contributed by atoms with E-state index in [2.05, 4.69) is 14.5 Å². The second kappa shape index (κ2) is 5.06. The highest BCUT2D eigenvalue weighted by Gasteiger charge is 2.21. The van der Waals surface area contributed by atoms with Gasteiger partial charge in [0, 0.05) is 18.7 Å². The Bertz CT molecular complexity index is 529. The number of hydrogen-bond acceptors (Lipinski definition) is 3. The molecular weight excluding hydrogens is 226 g/mol. The van der Waals surface area contributed by atoms with E-state index in [0.717, 1.165) is 17.0 Å². The van der Waals surface area contributed by atoms with E-state index in [9.17, 15) is 5.11 Å². The van der Waals surface area contributed by atoms with Crippen LogP contribution in [0.4, 0.5) is 0 Å². The third-order valence-corrected chi connectivity index (χ3v) is 3.80. The van der Waals surface area contributed by atoms with Crippen LogP contribution in [0, 0.1) is 0 Å². The topological polar surface area (TPSA) is 50.9 Å². The SMILES string of the molecule is OCCc1nc2cccnc2n1C1CCCCC1. The Hall–Kier alpha value is -1.42. The molecule has 3 rings (SSSR count). The molecule has 96 valence electrons. The number of aromatic nitrogens is 3. The summed E-state index contributed by atoms with van der Waals surface area (Å²) in [5, 5.41) is 9.19. The summed E-state index contributed by atoms with van der Waals surface area (Å²) in [4.78, 5) is 9.10. The largest absolute Gasteiger partial charge is 0.396 e. The molecule has 18 heavy (non-hydrogen) atoms. The number of fused-ring (bicyclic) bond motifs is 1. The van der Waals surface area contributed by atoms with Crippen LogP contribution < -0.4 is 0 Å². The van der Waals surface area contributed by atoms with Gasteiger partial charge in [0.05, 0.1) is 6.61 Å². The Kier molecular flexibility index (Phi) is 3.28. The number of pyridine rings is 1. The standard InChI is InChI=1S/C14H19N3O/c18-10-8-13-16-12-7-4-9-15-14(12)17(13)11-5-2-1-3-6-11/h4,7,9,11,18H,1-3,5-6,8,10H2. The van der Waals surface area contributed by atoms with Gasteiger partial charge in [0.2, 0.25) is 0 Å². The predicted molar refractivity (Wildman–Crippen MR) is 70.4 cm³/mol. The number of hydrogen-bond donors (Lipinski definition) is 1. The van der Waals surface area contributed by atoms with Gasteiger partial charge in [0.25, 0.3) is 0 Å². The fourth-order valence-electron chi connectivity index (χ4n) is 2.98. The molecule has 0 spiro atoms. The van der Waals surface area contributed by atoms with Crippen molar-refractivity contribution >= 4 is 11.2 Å². The summed E-state index contributed by atoms with van der Waals surface area (Å²) >= 11 is 0. The average Bonchev–Trinajstić information content (AvgIpc) is 2.78. The lowest BCUT2D eigenvalue weighted by Crippen LogP contribution is -2.16. The molecule has 0 radical (unpaired) electrons. The third-order valence-electron chi connectivity index (χ3n) is 3.80. The van der Waals surface area contributed by atoms with Gasteiger partial charge in [-0.1, -0.05) is 19.3 Å². The van der Waals surface area contributed by atoms with Gasteiger partial charge in [-0.25, -0.2) is 9.97 Å². The van der Waals surface area contributed by atoms with Crippen LogP contribution in [0.1, 0.15) is 44.0 Å². The molecule has 4 heteroatoms. The van der Waals surface area contributed by atoms with Crippen molar-refractivity contribution < 1.29 is 5.11 Å². The first-order chi connectivity index (χ1) is 8.90. The molecule has 0 atom stereocenters. The average molecular weight is 245 g/mol. The molecule has 2 aromatic rings. The maximum absolute atomic E-state index is 9.19. The zero-order chi connectivity index (χ0) is 12.4. The van der Waals surface area contributed by atoms with Crippen molar-refractivity contribution in [1.29, 1.82) is 0 Å². The lowest BCUT2D eigenvalue weighted by atomic mass is 9.95. The molecule has 2 aromatic heterocycles. The minimum atomic E-state index is 0.149. The second-order valence-electron chi connectivity index (χ2n) is 5.01. The second-order valence-corrected chi connectivity index (χ2v) is 5.01. The van der Waals surface area contributed by atoms with Crippen LogP contribution in [-0.4, -0.2) is 26.2 Å². The molecule has 0 saturated heterocycles. The normalized spacial score (nSPS) is 17.4. The Morgan fingerprint density at radius 2 is 2.11 bits per heavy atom. The van der Waals surface area contributed by atoms with E-state index in [-0.39, 0.29) is 6.61 Å². The molecule has 0 aliphatic heterocycles. The van der Waals surface area contributed by atoms with Gasteiger partial charge in [-0.15, -0.1) is 0 Å². The minimum Gasteiger partial charge on any atom is -0.396 e. The van der Waals surface area contributed by atoms with Crippen LogP contribution in [0.5, 0.6) is 0 Å². The van der Waals surface area contributed by atoms with Gasteiger partial charge in [0.15, 0.2) is 5.65 Å². The Balaban J connectivity index is 2.07. The predicted octanol–water partition coefficient (Wildman–Crippen LogP) is 2.47. The highest BCUT2D eigenvalue weighted by atomic mass is 16.3. The molecule has 4 nitrogen and oxygen atoms in total. The molecule has 1 aliphatic rings. The van der Waals surface area contributed by atoms with Gasteiger partial charge in [0.1, 0.15) is 11.3 Å². The van der Waals surface area contributed by atoms with Crippen molar-refractivity contribution in [2.24, 2.45) is 0 Å². The van der Waals surface area contributed by atoms with E-state index in [0.29, 0.717) is 12.5 Å². The summed E-state index contributed by atoms with van der Waals surface area (Å²) in [5.74, 6) is 0.984. The van der Waals surface area contributed by atoms with Crippen LogP contribution in [0.25, 0.3) is 11.2 Å². The summed E-state index contributed by atoms with van der Waals surface area (Å²) in [6, 6.07) is 4.44. The quantitative estimate of drug-likeness (QED) is 0.903. The number of aliphatic hydroxyl groups excluding tert-OH is 1. The fraction of sp³-hybridized carbons (Fsp3) is 0.571. The van der Waals surface area contributed by atoms with Crippen molar-refractivity contribution in [3.05, 3.63) is 24.2 Å². The number of nitrogens with zero attached hydrogens (tertiary/aromatic N) is 3. The van der Waals surface area contributed by atoms with Gasteiger partial charge < -0.3 is 9.67 Å². The van der Waals surface area contributed by atoms with Gasteiger partial charge in [-0.2, -0.15) is 0 Å². The number of aliphatic hydroxyl groups is 1. The molecule has 1 saturated carbocycles. The van der Waals surface area contributed by atoms with Gasteiger partial charge in [-0.05, 0) is 25.0 Å². The molecule has 0 bridgehead atoms. The third kappa shape index (κ3) is 2.01. The van der Waals surface area contributed by atoms with Crippen molar-refractivity contribution in [2.75, 3.05) is 6.61 Å². The maximum atomic E-state index is 9.19. The molecular formula is C14H19N3O. The van der Waals surface area contributed by atoms with E-state index in [1.165, 1.54) is 32.1 Å². The summed E-state index contributed by atoms with van der Waals surface area (Å²) in [7, 11) is 0. The molecule has 2 heterocycles. The Morgan fingerprint density at radius 1 is 1.28 bits per heavy atom. The van der Waals surface area contributed by atoms with E-state index in [1.807, 2.05) is 18.3 Å². The number of imidazole rings is 1.